The molecule has 0 spiro atoms. The monoisotopic (exact) mass is 817 g/mol. The zero-order chi connectivity index (χ0) is 41.9. The van der Waals surface area contributed by atoms with Gasteiger partial charge >= 0.3 is 0 Å². The first kappa shape index (κ1) is 35.3. The van der Waals surface area contributed by atoms with Crippen LogP contribution in [0.15, 0.2) is 211 Å². The molecule has 64 heavy (non-hydrogen) atoms. The van der Waals surface area contributed by atoms with Crippen molar-refractivity contribution in [1.29, 1.82) is 0 Å². The average molecular weight is 818 g/mol. The molecule has 13 aromatic rings. The molecule has 0 fully saturated rings. The molecule has 9 aromatic carbocycles. The molecule has 1 aliphatic rings. The number of allylic oxidation sites excluding steroid dienone is 1. The van der Waals surface area contributed by atoms with Crippen LogP contribution in [0.1, 0.15) is 17.7 Å². The Hall–Kier alpha value is -8.34. The number of hydrogen-bond acceptors (Lipinski definition) is 1. The van der Waals surface area contributed by atoms with Crippen LogP contribution < -0.4 is 0 Å². The molecule has 300 valence electrons. The first-order valence-corrected chi connectivity index (χ1v) is 22.2. The fraction of sp³-hybridized carbons (Fsp3) is 0.0333. The van der Waals surface area contributed by atoms with E-state index in [-0.39, 0.29) is 0 Å². The van der Waals surface area contributed by atoms with Gasteiger partial charge in [0.15, 0.2) is 5.58 Å². The quantitative estimate of drug-likeness (QED) is 0.170. The first-order valence-electron chi connectivity index (χ1n) is 22.2. The Kier molecular flexibility index (Phi) is 7.48. The number of nitrogens with zero attached hydrogens (tertiary/aromatic N) is 3. The number of aryl methyl sites for hydroxylation is 1. The van der Waals surface area contributed by atoms with Crippen LogP contribution in [-0.2, 0) is 6.42 Å². The molecular weight excluding hydrogens is 779 g/mol. The minimum atomic E-state index is 0.883. The Morgan fingerprint density at radius 2 is 0.938 bits per heavy atom. The predicted octanol–water partition coefficient (Wildman–Crippen LogP) is 16.0. The molecule has 0 amide bonds. The summed E-state index contributed by atoms with van der Waals surface area (Å²) in [5, 5.41) is 8.45. The molecular formula is C60H39N3O. The number of para-hydroxylation sites is 6. The summed E-state index contributed by atoms with van der Waals surface area (Å²) < 4.78 is 14.6. The fourth-order valence-electron chi connectivity index (χ4n) is 10.9. The van der Waals surface area contributed by atoms with Gasteiger partial charge in [-0.05, 0) is 114 Å². The number of fused-ring (bicyclic) bond motifs is 12. The Bertz CT molecular complexity index is 4020. The van der Waals surface area contributed by atoms with Crippen LogP contribution in [0.5, 0.6) is 0 Å². The molecule has 14 rings (SSSR count). The second-order valence-electron chi connectivity index (χ2n) is 17.2. The van der Waals surface area contributed by atoms with Crippen molar-refractivity contribution >= 4 is 82.5 Å². The lowest BCUT2D eigenvalue weighted by atomic mass is 9.98. The number of aromatic nitrogens is 3. The van der Waals surface area contributed by atoms with E-state index in [1.165, 1.54) is 65.8 Å². The summed E-state index contributed by atoms with van der Waals surface area (Å²) in [6.07, 6.45) is 6.68. The molecule has 4 heteroatoms. The van der Waals surface area contributed by atoms with Crippen molar-refractivity contribution in [2.45, 2.75) is 12.8 Å². The zero-order valence-electron chi connectivity index (χ0n) is 34.9. The minimum absolute atomic E-state index is 0.883. The highest BCUT2D eigenvalue weighted by atomic mass is 16.3. The Morgan fingerprint density at radius 3 is 1.69 bits per heavy atom. The number of rotatable bonds is 5. The maximum atomic E-state index is 7.32. The highest BCUT2D eigenvalue weighted by Crippen LogP contribution is 2.45. The lowest BCUT2D eigenvalue weighted by molar-refractivity contribution is 0.667. The molecule has 0 saturated carbocycles. The summed E-state index contributed by atoms with van der Waals surface area (Å²) in [4.78, 5) is 0. The van der Waals surface area contributed by atoms with Gasteiger partial charge in [-0.2, -0.15) is 0 Å². The van der Waals surface area contributed by atoms with E-state index in [0.717, 1.165) is 74.1 Å². The third kappa shape index (κ3) is 5.05. The third-order valence-corrected chi connectivity index (χ3v) is 13.7. The Morgan fingerprint density at radius 1 is 0.359 bits per heavy atom. The molecule has 4 aromatic heterocycles. The van der Waals surface area contributed by atoms with Gasteiger partial charge < -0.3 is 18.1 Å². The van der Waals surface area contributed by atoms with Gasteiger partial charge in [-0.15, -0.1) is 0 Å². The lowest BCUT2D eigenvalue weighted by Gasteiger charge is -2.15. The molecule has 0 unspecified atom stereocenters. The van der Waals surface area contributed by atoms with E-state index >= 15 is 0 Å². The van der Waals surface area contributed by atoms with Gasteiger partial charge in [0.2, 0.25) is 0 Å². The molecule has 1 aliphatic carbocycles. The van der Waals surface area contributed by atoms with Crippen LogP contribution >= 0.6 is 0 Å². The fourth-order valence-corrected chi connectivity index (χ4v) is 10.9. The van der Waals surface area contributed by atoms with Crippen LogP contribution in [0.4, 0.5) is 0 Å². The second kappa shape index (κ2) is 13.6. The van der Waals surface area contributed by atoms with Crippen molar-refractivity contribution in [2.75, 3.05) is 0 Å². The normalized spacial score (nSPS) is 12.8. The van der Waals surface area contributed by atoms with E-state index in [1.54, 1.807) is 0 Å². The highest BCUT2D eigenvalue weighted by molar-refractivity contribution is 6.15. The standard InChI is InChI=1S/C60H39N3O/c1-2-17-41(18-3-1)61-54-29-11-8-24-48(54)50-35-39(32-33-57(50)61)43-25-15-26-49-51-36-40(38-16-14-19-42(34-38)62-52-27-9-4-20-44(52)45-21-5-10-28-53(45)62)37-58(60(51)64-59(43)49)63-55-30-12-6-22-46(55)47-23-7-13-31-56(47)63/h1-6,8-22,24-37H,7,23H2. The summed E-state index contributed by atoms with van der Waals surface area (Å²) in [5.74, 6) is 0. The van der Waals surface area contributed by atoms with Gasteiger partial charge in [-0.1, -0.05) is 133 Å². The van der Waals surface area contributed by atoms with Gasteiger partial charge in [0.1, 0.15) is 5.58 Å². The van der Waals surface area contributed by atoms with Crippen molar-refractivity contribution in [3.8, 4) is 39.3 Å². The van der Waals surface area contributed by atoms with Crippen LogP contribution in [0.3, 0.4) is 0 Å². The summed E-state index contributed by atoms with van der Waals surface area (Å²) in [6.45, 7) is 0. The molecule has 0 saturated heterocycles. The van der Waals surface area contributed by atoms with Crippen molar-refractivity contribution in [1.82, 2.24) is 13.7 Å². The van der Waals surface area contributed by atoms with Crippen molar-refractivity contribution < 1.29 is 4.42 Å². The predicted molar refractivity (Wildman–Crippen MR) is 267 cm³/mol. The molecule has 0 aliphatic heterocycles. The molecule has 0 radical (unpaired) electrons. The summed E-state index contributed by atoms with van der Waals surface area (Å²) in [6, 6.07) is 73.0. The van der Waals surface area contributed by atoms with Crippen LogP contribution in [-0.4, -0.2) is 13.7 Å². The van der Waals surface area contributed by atoms with Crippen LogP contribution in [0.25, 0.3) is 122 Å². The molecule has 4 heterocycles. The Balaban J connectivity index is 1.02. The highest BCUT2D eigenvalue weighted by Gasteiger charge is 2.24. The second-order valence-corrected chi connectivity index (χ2v) is 17.2. The van der Waals surface area contributed by atoms with Crippen LogP contribution in [0, 0.1) is 0 Å². The maximum absolute atomic E-state index is 7.32. The van der Waals surface area contributed by atoms with E-state index in [1.807, 2.05) is 0 Å². The van der Waals surface area contributed by atoms with E-state index in [2.05, 4.69) is 226 Å². The van der Waals surface area contributed by atoms with Gasteiger partial charge in [0, 0.05) is 60.3 Å². The number of benzene rings is 9. The van der Waals surface area contributed by atoms with E-state index in [4.69, 9.17) is 4.42 Å². The molecule has 0 bridgehead atoms. The van der Waals surface area contributed by atoms with E-state index < -0.39 is 0 Å². The van der Waals surface area contributed by atoms with Crippen molar-refractivity contribution in [3.63, 3.8) is 0 Å². The molecule has 0 atom stereocenters. The number of furan rings is 1. The smallest absolute Gasteiger partial charge is 0.159 e. The van der Waals surface area contributed by atoms with Gasteiger partial charge in [0.05, 0.1) is 33.3 Å². The summed E-state index contributed by atoms with van der Waals surface area (Å²) in [5.41, 5.74) is 18.2. The SMILES string of the molecule is C1=Cc2c(c3ccccc3n2-c2cc(-c3cccc(-n4c5ccccc5c5ccccc54)c3)cc3c2oc2c(-c4ccc5c(c4)c4ccccc4n5-c4ccccc4)cccc23)CC1. The minimum Gasteiger partial charge on any atom is -0.453 e. The summed E-state index contributed by atoms with van der Waals surface area (Å²) >= 11 is 0. The third-order valence-electron chi connectivity index (χ3n) is 13.7. The average Bonchev–Trinajstić information content (AvgIpc) is 4.10. The summed E-state index contributed by atoms with van der Waals surface area (Å²) in [7, 11) is 0. The Labute approximate surface area is 368 Å². The van der Waals surface area contributed by atoms with Gasteiger partial charge in [-0.3, -0.25) is 0 Å². The molecule has 4 nitrogen and oxygen atoms in total. The number of hydrogen-bond donors (Lipinski definition) is 0. The van der Waals surface area contributed by atoms with Gasteiger partial charge in [0.25, 0.3) is 0 Å². The molecule has 0 N–H and O–H groups in total. The largest absolute Gasteiger partial charge is 0.453 e. The maximum Gasteiger partial charge on any atom is 0.159 e. The topological polar surface area (TPSA) is 27.9 Å². The van der Waals surface area contributed by atoms with Crippen LogP contribution in [0.2, 0.25) is 0 Å². The van der Waals surface area contributed by atoms with Crippen molar-refractivity contribution in [3.05, 3.63) is 218 Å². The lowest BCUT2D eigenvalue weighted by Crippen LogP contribution is -2.01. The first-order chi connectivity index (χ1) is 31.8. The van der Waals surface area contributed by atoms with Gasteiger partial charge in [-0.25, -0.2) is 0 Å². The zero-order valence-corrected chi connectivity index (χ0v) is 34.9. The van der Waals surface area contributed by atoms with E-state index in [9.17, 15) is 0 Å². The van der Waals surface area contributed by atoms with E-state index in [0.29, 0.717) is 0 Å². The van der Waals surface area contributed by atoms with Crippen molar-refractivity contribution in [2.24, 2.45) is 0 Å².